The number of hydrogen-bond donors (Lipinski definition) is 2. The van der Waals surface area contributed by atoms with Gasteiger partial charge in [0.1, 0.15) is 4.90 Å². The lowest BCUT2D eigenvalue weighted by molar-refractivity contribution is -0.384. The second-order valence-electron chi connectivity index (χ2n) is 3.76. The van der Waals surface area contributed by atoms with Crippen LogP contribution >= 0.6 is 0 Å². The third kappa shape index (κ3) is 3.14. The minimum atomic E-state index is -3.82. The maximum absolute atomic E-state index is 11.9. The fraction of sp³-hybridized carbons (Fsp3) is 0.444. The van der Waals surface area contributed by atoms with Gasteiger partial charge < -0.3 is 5.73 Å². The Morgan fingerprint density at radius 3 is 2.72 bits per heavy atom. The van der Waals surface area contributed by atoms with Crippen LogP contribution in [0.15, 0.2) is 17.2 Å². The quantitative estimate of drug-likeness (QED) is 0.599. The van der Waals surface area contributed by atoms with Crippen LogP contribution in [0.4, 0.5) is 11.5 Å². The summed E-state index contributed by atoms with van der Waals surface area (Å²) in [5.41, 5.74) is 4.77. The molecular weight excluding hydrogens is 260 g/mol. The van der Waals surface area contributed by atoms with Gasteiger partial charge in [0, 0.05) is 18.3 Å². The fourth-order valence-corrected chi connectivity index (χ4v) is 2.45. The zero-order chi connectivity index (χ0) is 13.9. The Labute approximate surface area is 104 Å². The Hall–Kier alpha value is -1.74. The Bertz CT molecular complexity index is 558. The number of pyridine rings is 1. The Balaban J connectivity index is 3.18. The summed E-state index contributed by atoms with van der Waals surface area (Å²) in [7, 11) is -3.82. The van der Waals surface area contributed by atoms with Gasteiger partial charge in [-0.1, -0.05) is 6.92 Å². The summed E-state index contributed by atoms with van der Waals surface area (Å²) in [6.07, 6.45) is 1.59. The third-order valence-corrected chi connectivity index (χ3v) is 3.90. The highest BCUT2D eigenvalue weighted by Crippen LogP contribution is 2.22. The zero-order valence-electron chi connectivity index (χ0n) is 9.95. The molecule has 100 valence electrons. The summed E-state index contributed by atoms with van der Waals surface area (Å²) >= 11 is 0. The van der Waals surface area contributed by atoms with E-state index in [1.54, 1.807) is 6.92 Å². The molecule has 0 spiro atoms. The summed E-state index contributed by atoms with van der Waals surface area (Å²) in [4.78, 5) is 13.1. The van der Waals surface area contributed by atoms with Gasteiger partial charge in [-0.25, -0.2) is 18.1 Å². The third-order valence-electron chi connectivity index (χ3n) is 2.35. The first-order valence-electron chi connectivity index (χ1n) is 5.20. The summed E-state index contributed by atoms with van der Waals surface area (Å²) in [6.45, 7) is 3.51. The van der Waals surface area contributed by atoms with Crippen molar-refractivity contribution < 1.29 is 13.3 Å². The maximum Gasteiger partial charge on any atom is 0.312 e. The summed E-state index contributed by atoms with van der Waals surface area (Å²) in [5.74, 6) is -0.317. The van der Waals surface area contributed by atoms with E-state index in [4.69, 9.17) is 5.73 Å². The van der Waals surface area contributed by atoms with Crippen LogP contribution in [0.5, 0.6) is 0 Å². The molecule has 9 heteroatoms. The number of nitrogens with one attached hydrogen (secondary N) is 1. The highest BCUT2D eigenvalue weighted by atomic mass is 32.2. The van der Waals surface area contributed by atoms with Crippen molar-refractivity contribution in [2.75, 3.05) is 5.73 Å². The molecule has 8 nitrogen and oxygen atoms in total. The van der Waals surface area contributed by atoms with Gasteiger partial charge in [-0.3, -0.25) is 10.1 Å². The summed E-state index contributed by atoms with van der Waals surface area (Å²) in [6, 6.07) is 0.624. The Morgan fingerprint density at radius 1 is 1.61 bits per heavy atom. The van der Waals surface area contributed by atoms with Crippen molar-refractivity contribution in [2.45, 2.75) is 31.2 Å². The van der Waals surface area contributed by atoms with Crippen LogP contribution in [0.25, 0.3) is 0 Å². The number of nitro groups is 1. The number of hydrogen-bond acceptors (Lipinski definition) is 6. The second kappa shape index (κ2) is 5.27. The van der Waals surface area contributed by atoms with Crippen LogP contribution in [-0.2, 0) is 10.0 Å². The van der Waals surface area contributed by atoms with E-state index in [2.05, 4.69) is 9.71 Å². The van der Waals surface area contributed by atoms with Crippen LogP contribution in [0.3, 0.4) is 0 Å². The van der Waals surface area contributed by atoms with Gasteiger partial charge in [-0.15, -0.1) is 0 Å². The molecule has 1 unspecified atom stereocenters. The molecule has 1 aromatic rings. The molecular formula is C9H14N4O4S. The van der Waals surface area contributed by atoms with Gasteiger partial charge in [0.15, 0.2) is 0 Å². The number of aromatic nitrogens is 1. The molecule has 1 rings (SSSR count). The molecule has 0 aromatic carbocycles. The van der Waals surface area contributed by atoms with E-state index in [9.17, 15) is 18.5 Å². The molecule has 1 atom stereocenters. The first-order chi connectivity index (χ1) is 8.27. The Morgan fingerprint density at radius 2 is 2.22 bits per heavy atom. The average molecular weight is 274 g/mol. The lowest BCUT2D eigenvalue weighted by atomic mass is 10.3. The molecule has 0 bridgehead atoms. The average Bonchev–Trinajstić information content (AvgIpc) is 2.28. The highest BCUT2D eigenvalue weighted by molar-refractivity contribution is 7.89. The van der Waals surface area contributed by atoms with Gasteiger partial charge in [-0.05, 0) is 13.3 Å². The summed E-state index contributed by atoms with van der Waals surface area (Å²) in [5, 5.41) is 10.6. The SMILES string of the molecule is CCC(C)NS(=O)(=O)c1cnc(N)c([N+](=O)[O-])c1. The Kier molecular flexibility index (Phi) is 4.19. The number of nitrogens with zero attached hydrogens (tertiary/aromatic N) is 2. The minimum Gasteiger partial charge on any atom is -0.378 e. The number of nitrogens with two attached hydrogens (primary N) is 1. The lowest BCUT2D eigenvalue weighted by Gasteiger charge is -2.11. The van der Waals surface area contributed by atoms with Gasteiger partial charge in [-0.2, -0.15) is 0 Å². The second-order valence-corrected chi connectivity index (χ2v) is 5.48. The van der Waals surface area contributed by atoms with Crippen LogP contribution in [0.1, 0.15) is 20.3 Å². The number of nitrogen functional groups attached to an aromatic ring is 1. The van der Waals surface area contributed by atoms with Crippen LogP contribution < -0.4 is 10.5 Å². The zero-order valence-corrected chi connectivity index (χ0v) is 10.8. The molecule has 0 saturated carbocycles. The lowest BCUT2D eigenvalue weighted by Crippen LogP contribution is -2.32. The molecule has 0 aliphatic rings. The molecule has 18 heavy (non-hydrogen) atoms. The van der Waals surface area contributed by atoms with E-state index >= 15 is 0 Å². The van der Waals surface area contributed by atoms with Gasteiger partial charge >= 0.3 is 5.69 Å². The molecule has 0 saturated heterocycles. The van der Waals surface area contributed by atoms with E-state index in [-0.39, 0.29) is 16.8 Å². The van der Waals surface area contributed by atoms with Crippen LogP contribution in [0, 0.1) is 10.1 Å². The fourth-order valence-electron chi connectivity index (χ4n) is 1.15. The predicted molar refractivity (Wildman–Crippen MR) is 65.4 cm³/mol. The first kappa shape index (κ1) is 14.3. The maximum atomic E-state index is 11.9. The first-order valence-corrected chi connectivity index (χ1v) is 6.68. The number of rotatable bonds is 5. The molecule has 0 radical (unpaired) electrons. The van der Waals surface area contributed by atoms with Crippen LogP contribution in [-0.4, -0.2) is 24.4 Å². The van der Waals surface area contributed by atoms with Gasteiger partial charge in [0.25, 0.3) is 0 Å². The molecule has 1 heterocycles. The minimum absolute atomic E-state index is 0.272. The molecule has 3 N–H and O–H groups in total. The summed E-state index contributed by atoms with van der Waals surface area (Å²) < 4.78 is 26.1. The molecule has 0 aliphatic carbocycles. The topological polar surface area (TPSA) is 128 Å². The molecule has 0 amide bonds. The van der Waals surface area contributed by atoms with E-state index < -0.39 is 20.6 Å². The monoisotopic (exact) mass is 274 g/mol. The predicted octanol–water partition coefficient (Wildman–Crippen LogP) is 0.649. The smallest absolute Gasteiger partial charge is 0.312 e. The van der Waals surface area contributed by atoms with Crippen molar-refractivity contribution >= 4 is 21.5 Å². The number of sulfonamides is 1. The largest absolute Gasteiger partial charge is 0.378 e. The van der Waals surface area contributed by atoms with Crippen molar-refractivity contribution in [1.29, 1.82) is 0 Å². The van der Waals surface area contributed by atoms with E-state index in [0.29, 0.717) is 6.42 Å². The van der Waals surface area contributed by atoms with Crippen molar-refractivity contribution in [3.05, 3.63) is 22.4 Å². The van der Waals surface area contributed by atoms with Crippen molar-refractivity contribution in [3.8, 4) is 0 Å². The van der Waals surface area contributed by atoms with E-state index in [1.807, 2.05) is 6.92 Å². The highest BCUT2D eigenvalue weighted by Gasteiger charge is 2.22. The van der Waals surface area contributed by atoms with Gasteiger partial charge in [0.05, 0.1) is 4.92 Å². The standard InChI is InChI=1S/C9H14N4O4S/c1-3-6(2)12-18(16,17)7-4-8(13(14)15)9(10)11-5-7/h4-6,12H,3H2,1-2H3,(H2,10,11). The molecule has 0 aliphatic heterocycles. The number of anilines is 1. The van der Waals surface area contributed by atoms with Crippen molar-refractivity contribution in [2.24, 2.45) is 0 Å². The van der Waals surface area contributed by atoms with Crippen molar-refractivity contribution in [1.82, 2.24) is 9.71 Å². The van der Waals surface area contributed by atoms with Crippen molar-refractivity contribution in [3.63, 3.8) is 0 Å². The van der Waals surface area contributed by atoms with Gasteiger partial charge in [0.2, 0.25) is 15.8 Å². The van der Waals surface area contributed by atoms with E-state index in [1.165, 1.54) is 0 Å². The molecule has 0 fully saturated rings. The molecule has 1 aromatic heterocycles. The van der Waals surface area contributed by atoms with E-state index in [0.717, 1.165) is 12.3 Å². The van der Waals surface area contributed by atoms with Crippen LogP contribution in [0.2, 0.25) is 0 Å². The normalized spacial score (nSPS) is 13.2.